The van der Waals surface area contributed by atoms with E-state index in [4.69, 9.17) is 4.74 Å². The first-order chi connectivity index (χ1) is 11.8. The summed E-state index contributed by atoms with van der Waals surface area (Å²) in [5.41, 5.74) is 2.61. The molecule has 126 valence electrons. The van der Waals surface area contributed by atoms with Crippen LogP contribution in [-0.4, -0.2) is 38.1 Å². The van der Waals surface area contributed by atoms with Crippen LogP contribution in [0.25, 0.3) is 0 Å². The van der Waals surface area contributed by atoms with E-state index < -0.39 is 0 Å². The van der Waals surface area contributed by atoms with Gasteiger partial charge < -0.3 is 15.0 Å². The Hall–Kier alpha value is -2.49. The van der Waals surface area contributed by atoms with Crippen LogP contribution < -0.4 is 10.1 Å². The molecular formula is C20H25N3O. The molecule has 2 aromatic rings. The first-order valence-electron chi connectivity index (χ1n) is 8.43. The van der Waals surface area contributed by atoms with Crippen LogP contribution in [0.5, 0.6) is 5.75 Å². The molecule has 1 fully saturated rings. The summed E-state index contributed by atoms with van der Waals surface area (Å²) in [7, 11) is 3.54. The molecule has 4 nitrogen and oxygen atoms in total. The van der Waals surface area contributed by atoms with Gasteiger partial charge in [-0.15, -0.1) is 0 Å². The van der Waals surface area contributed by atoms with Gasteiger partial charge in [0.15, 0.2) is 5.96 Å². The lowest BCUT2D eigenvalue weighted by atomic mass is 9.99. The fourth-order valence-electron chi connectivity index (χ4n) is 3.25. The highest BCUT2D eigenvalue weighted by Crippen LogP contribution is 2.26. The Labute approximate surface area is 144 Å². The Bertz CT molecular complexity index is 684. The van der Waals surface area contributed by atoms with Gasteiger partial charge in [0.25, 0.3) is 0 Å². The number of ether oxygens (including phenoxy) is 1. The highest BCUT2D eigenvalue weighted by atomic mass is 16.5. The minimum absolute atomic E-state index is 0.585. The van der Waals surface area contributed by atoms with E-state index >= 15 is 0 Å². The number of nitrogens with one attached hydrogen (secondary N) is 1. The van der Waals surface area contributed by atoms with E-state index in [2.05, 4.69) is 57.7 Å². The van der Waals surface area contributed by atoms with Crippen molar-refractivity contribution in [3.8, 4) is 5.75 Å². The molecule has 1 N–H and O–H groups in total. The van der Waals surface area contributed by atoms with Gasteiger partial charge >= 0.3 is 0 Å². The summed E-state index contributed by atoms with van der Waals surface area (Å²) in [5, 5.41) is 3.47. The second-order valence-corrected chi connectivity index (χ2v) is 6.09. The van der Waals surface area contributed by atoms with Crippen LogP contribution in [0.15, 0.2) is 59.6 Å². The molecule has 0 saturated carbocycles. The lowest BCUT2D eigenvalue weighted by molar-refractivity contribution is 0.414. The van der Waals surface area contributed by atoms with Crippen molar-refractivity contribution >= 4 is 5.96 Å². The van der Waals surface area contributed by atoms with Crippen molar-refractivity contribution in [2.24, 2.45) is 4.99 Å². The highest BCUT2D eigenvalue weighted by Gasteiger charge is 2.25. The predicted octanol–water partition coefficient (Wildman–Crippen LogP) is 3.26. The van der Waals surface area contributed by atoms with Gasteiger partial charge in [0.05, 0.1) is 7.11 Å². The summed E-state index contributed by atoms with van der Waals surface area (Å²) in [6.07, 6.45) is 1.17. The molecule has 1 heterocycles. The fourth-order valence-corrected chi connectivity index (χ4v) is 3.25. The van der Waals surface area contributed by atoms with Gasteiger partial charge in [-0.3, -0.25) is 4.99 Å². The molecule has 1 unspecified atom stereocenters. The molecule has 1 aliphatic rings. The Kier molecular flexibility index (Phi) is 5.36. The number of guanidine groups is 1. The van der Waals surface area contributed by atoms with Gasteiger partial charge in [0.1, 0.15) is 5.75 Å². The average molecular weight is 323 g/mol. The van der Waals surface area contributed by atoms with Gasteiger partial charge in [-0.25, -0.2) is 0 Å². The largest absolute Gasteiger partial charge is 0.497 e. The van der Waals surface area contributed by atoms with Crippen molar-refractivity contribution in [3.63, 3.8) is 0 Å². The summed E-state index contributed by atoms with van der Waals surface area (Å²) in [4.78, 5) is 6.80. The second-order valence-electron chi connectivity index (χ2n) is 6.09. The molecule has 1 aliphatic heterocycles. The standard InChI is InChI=1S/C20H25N3O/c1-21-20(22-14-16-7-6-10-19(13-16)24-2)23-12-11-18(15-23)17-8-4-3-5-9-17/h3-10,13,18H,11-12,14-15H2,1-2H3,(H,21,22). The number of rotatable bonds is 4. The normalized spacial score (nSPS) is 17.8. The van der Waals surface area contributed by atoms with E-state index in [-0.39, 0.29) is 0 Å². The zero-order valence-electron chi connectivity index (χ0n) is 14.4. The Morgan fingerprint density at radius 1 is 1.21 bits per heavy atom. The van der Waals surface area contributed by atoms with Crippen LogP contribution in [0.3, 0.4) is 0 Å². The van der Waals surface area contributed by atoms with Crippen molar-refractivity contribution in [1.29, 1.82) is 0 Å². The molecule has 0 radical (unpaired) electrons. The maximum Gasteiger partial charge on any atom is 0.193 e. The van der Waals surface area contributed by atoms with Crippen molar-refractivity contribution in [3.05, 3.63) is 65.7 Å². The van der Waals surface area contributed by atoms with Crippen LogP contribution in [0.4, 0.5) is 0 Å². The number of methoxy groups -OCH3 is 1. The lowest BCUT2D eigenvalue weighted by Gasteiger charge is -2.22. The number of likely N-dealkylation sites (tertiary alicyclic amines) is 1. The molecule has 0 aromatic heterocycles. The van der Waals surface area contributed by atoms with Crippen molar-refractivity contribution in [2.75, 3.05) is 27.2 Å². The van der Waals surface area contributed by atoms with Gasteiger partial charge in [-0.1, -0.05) is 42.5 Å². The maximum absolute atomic E-state index is 5.28. The SMILES string of the molecule is CN=C(NCc1cccc(OC)c1)N1CCC(c2ccccc2)C1. The smallest absolute Gasteiger partial charge is 0.193 e. The quantitative estimate of drug-likeness (QED) is 0.693. The molecule has 1 saturated heterocycles. The van der Waals surface area contributed by atoms with Crippen molar-refractivity contribution in [2.45, 2.75) is 18.9 Å². The number of hydrogen-bond donors (Lipinski definition) is 1. The Balaban J connectivity index is 1.59. The van der Waals surface area contributed by atoms with Gasteiger partial charge in [0, 0.05) is 32.6 Å². The lowest BCUT2D eigenvalue weighted by Crippen LogP contribution is -2.39. The summed E-state index contributed by atoms with van der Waals surface area (Å²) >= 11 is 0. The van der Waals surface area contributed by atoms with Crippen molar-refractivity contribution in [1.82, 2.24) is 10.2 Å². The Morgan fingerprint density at radius 3 is 2.79 bits per heavy atom. The second kappa shape index (κ2) is 7.86. The van der Waals surface area contributed by atoms with E-state index in [9.17, 15) is 0 Å². The van der Waals surface area contributed by atoms with Crippen LogP contribution in [0.2, 0.25) is 0 Å². The average Bonchev–Trinajstić information content (AvgIpc) is 3.13. The van der Waals surface area contributed by atoms with E-state index in [1.165, 1.54) is 17.5 Å². The highest BCUT2D eigenvalue weighted by molar-refractivity contribution is 5.80. The molecule has 1 atom stereocenters. The van der Waals surface area contributed by atoms with Gasteiger partial charge in [-0.2, -0.15) is 0 Å². The summed E-state index contributed by atoms with van der Waals surface area (Å²) in [6, 6.07) is 18.9. The molecule has 0 amide bonds. The van der Waals surface area contributed by atoms with E-state index in [0.717, 1.165) is 31.3 Å². The first-order valence-corrected chi connectivity index (χ1v) is 8.43. The van der Waals surface area contributed by atoms with Gasteiger partial charge in [0.2, 0.25) is 0 Å². The number of benzene rings is 2. The number of hydrogen-bond acceptors (Lipinski definition) is 2. The summed E-state index contributed by atoms with van der Waals surface area (Å²) < 4.78 is 5.28. The van der Waals surface area contributed by atoms with Crippen LogP contribution in [-0.2, 0) is 6.54 Å². The topological polar surface area (TPSA) is 36.9 Å². The summed E-state index contributed by atoms with van der Waals surface area (Å²) in [5.74, 6) is 2.44. The molecule has 24 heavy (non-hydrogen) atoms. The van der Waals surface area contributed by atoms with Crippen LogP contribution >= 0.6 is 0 Å². The number of nitrogens with zero attached hydrogens (tertiary/aromatic N) is 2. The zero-order chi connectivity index (χ0) is 16.8. The van der Waals surface area contributed by atoms with E-state index in [0.29, 0.717) is 5.92 Å². The minimum atomic E-state index is 0.585. The molecule has 0 spiro atoms. The number of aliphatic imine (C=N–C) groups is 1. The third-order valence-electron chi connectivity index (χ3n) is 4.56. The molecule has 0 aliphatic carbocycles. The molecule has 3 rings (SSSR count). The third-order valence-corrected chi connectivity index (χ3v) is 4.56. The molecule has 2 aromatic carbocycles. The Morgan fingerprint density at radius 2 is 2.04 bits per heavy atom. The molecule has 4 heteroatoms. The molecule has 0 bridgehead atoms. The van der Waals surface area contributed by atoms with E-state index in [1.54, 1.807) is 7.11 Å². The first kappa shape index (κ1) is 16.4. The predicted molar refractivity (Wildman–Crippen MR) is 98.6 cm³/mol. The fraction of sp³-hybridized carbons (Fsp3) is 0.350. The zero-order valence-corrected chi connectivity index (χ0v) is 14.4. The summed E-state index contributed by atoms with van der Waals surface area (Å²) in [6.45, 7) is 2.80. The van der Waals surface area contributed by atoms with Crippen LogP contribution in [0, 0.1) is 0 Å². The van der Waals surface area contributed by atoms with Gasteiger partial charge in [-0.05, 0) is 29.7 Å². The van der Waals surface area contributed by atoms with E-state index in [1.807, 2.05) is 19.2 Å². The maximum atomic E-state index is 5.28. The monoisotopic (exact) mass is 323 g/mol. The van der Waals surface area contributed by atoms with Crippen LogP contribution in [0.1, 0.15) is 23.5 Å². The van der Waals surface area contributed by atoms with Crippen molar-refractivity contribution < 1.29 is 4.74 Å². The third kappa shape index (κ3) is 3.88. The molecular weight excluding hydrogens is 298 g/mol. The minimum Gasteiger partial charge on any atom is -0.497 e.